The van der Waals surface area contributed by atoms with Crippen molar-refractivity contribution in [3.05, 3.63) is 23.8 Å². The molecule has 4 nitrogen and oxygen atoms in total. The first kappa shape index (κ1) is 13.8. The molecule has 1 aromatic carbocycles. The second-order valence-electron chi connectivity index (χ2n) is 4.22. The Morgan fingerprint density at radius 3 is 2.41 bits per heavy atom. The standard InChI is InChI=1S/C13H21NO3/c1-10(2)9-17-14-8-11-5-6-12(15-3)13(7-11)16-4/h5-7,10,14H,8-9H2,1-4H3. The van der Waals surface area contributed by atoms with E-state index < -0.39 is 0 Å². The molecule has 0 spiro atoms. The maximum absolute atomic E-state index is 5.31. The number of ether oxygens (including phenoxy) is 2. The minimum Gasteiger partial charge on any atom is -0.493 e. The largest absolute Gasteiger partial charge is 0.493 e. The van der Waals surface area contributed by atoms with Crippen LogP contribution in [0.1, 0.15) is 19.4 Å². The van der Waals surface area contributed by atoms with Gasteiger partial charge in [-0.25, -0.2) is 0 Å². The van der Waals surface area contributed by atoms with Crippen LogP contribution in [0.3, 0.4) is 0 Å². The monoisotopic (exact) mass is 239 g/mol. The molecule has 1 rings (SSSR count). The first-order chi connectivity index (χ1) is 8.17. The van der Waals surface area contributed by atoms with Crippen LogP contribution in [0.5, 0.6) is 11.5 Å². The van der Waals surface area contributed by atoms with Gasteiger partial charge < -0.3 is 14.3 Å². The minimum absolute atomic E-state index is 0.521. The molecule has 0 fully saturated rings. The predicted molar refractivity (Wildman–Crippen MR) is 67.2 cm³/mol. The Hall–Kier alpha value is -1.26. The lowest BCUT2D eigenvalue weighted by Crippen LogP contribution is -2.17. The quantitative estimate of drug-likeness (QED) is 0.586. The van der Waals surface area contributed by atoms with Crippen molar-refractivity contribution in [2.75, 3.05) is 20.8 Å². The molecule has 0 heterocycles. The van der Waals surface area contributed by atoms with Crippen LogP contribution in [0.15, 0.2) is 18.2 Å². The van der Waals surface area contributed by atoms with Gasteiger partial charge in [0.2, 0.25) is 0 Å². The molecule has 0 bridgehead atoms. The molecule has 1 aromatic rings. The molecule has 0 unspecified atom stereocenters. The zero-order valence-electron chi connectivity index (χ0n) is 10.9. The van der Waals surface area contributed by atoms with E-state index in [0.29, 0.717) is 19.1 Å². The van der Waals surface area contributed by atoms with Crippen molar-refractivity contribution < 1.29 is 14.3 Å². The summed E-state index contributed by atoms with van der Waals surface area (Å²) in [7, 11) is 3.26. The summed E-state index contributed by atoms with van der Waals surface area (Å²) in [6, 6.07) is 5.80. The van der Waals surface area contributed by atoms with E-state index in [1.165, 1.54) is 0 Å². The lowest BCUT2D eigenvalue weighted by Gasteiger charge is -2.11. The third-order valence-electron chi connectivity index (χ3n) is 2.24. The van der Waals surface area contributed by atoms with Crippen molar-refractivity contribution in [2.24, 2.45) is 5.92 Å². The van der Waals surface area contributed by atoms with Gasteiger partial charge in [-0.2, -0.15) is 5.48 Å². The molecule has 0 aliphatic rings. The van der Waals surface area contributed by atoms with Gasteiger partial charge in [0.15, 0.2) is 11.5 Å². The van der Waals surface area contributed by atoms with Gasteiger partial charge in [-0.3, -0.25) is 0 Å². The number of nitrogens with one attached hydrogen (secondary N) is 1. The Balaban J connectivity index is 2.48. The molecule has 4 heteroatoms. The van der Waals surface area contributed by atoms with E-state index in [-0.39, 0.29) is 0 Å². The minimum atomic E-state index is 0.521. The van der Waals surface area contributed by atoms with E-state index in [1.54, 1.807) is 14.2 Å². The number of benzene rings is 1. The molecule has 0 aromatic heterocycles. The van der Waals surface area contributed by atoms with E-state index in [2.05, 4.69) is 19.3 Å². The maximum atomic E-state index is 5.31. The number of methoxy groups -OCH3 is 2. The molecule has 0 saturated heterocycles. The van der Waals surface area contributed by atoms with Crippen LogP contribution in [-0.4, -0.2) is 20.8 Å². The molecular weight excluding hydrogens is 218 g/mol. The molecule has 96 valence electrons. The molecule has 0 atom stereocenters. The highest BCUT2D eigenvalue weighted by molar-refractivity contribution is 5.42. The van der Waals surface area contributed by atoms with Crippen molar-refractivity contribution in [1.29, 1.82) is 0 Å². The van der Waals surface area contributed by atoms with Crippen LogP contribution >= 0.6 is 0 Å². The van der Waals surface area contributed by atoms with Crippen molar-refractivity contribution in [1.82, 2.24) is 5.48 Å². The average Bonchev–Trinajstić information content (AvgIpc) is 2.34. The summed E-state index contributed by atoms with van der Waals surface area (Å²) < 4.78 is 10.4. The third kappa shape index (κ3) is 4.63. The van der Waals surface area contributed by atoms with Gasteiger partial charge in [-0.15, -0.1) is 0 Å². The summed E-state index contributed by atoms with van der Waals surface area (Å²) in [4.78, 5) is 5.31. The van der Waals surface area contributed by atoms with Gasteiger partial charge in [0.05, 0.1) is 20.8 Å². The van der Waals surface area contributed by atoms with E-state index in [1.807, 2.05) is 18.2 Å². The van der Waals surface area contributed by atoms with Gasteiger partial charge in [0, 0.05) is 6.54 Å². The fourth-order valence-corrected chi connectivity index (χ4v) is 1.35. The molecule has 0 amide bonds. The smallest absolute Gasteiger partial charge is 0.161 e. The van der Waals surface area contributed by atoms with Crippen LogP contribution in [0.2, 0.25) is 0 Å². The van der Waals surface area contributed by atoms with Crippen molar-refractivity contribution in [2.45, 2.75) is 20.4 Å². The van der Waals surface area contributed by atoms with E-state index in [4.69, 9.17) is 14.3 Å². The average molecular weight is 239 g/mol. The van der Waals surface area contributed by atoms with E-state index >= 15 is 0 Å². The molecule has 17 heavy (non-hydrogen) atoms. The summed E-state index contributed by atoms with van der Waals surface area (Å²) >= 11 is 0. The number of rotatable bonds is 7. The summed E-state index contributed by atoms with van der Waals surface area (Å²) in [6.07, 6.45) is 0. The zero-order chi connectivity index (χ0) is 12.7. The van der Waals surface area contributed by atoms with Gasteiger partial charge in [0.25, 0.3) is 0 Å². The van der Waals surface area contributed by atoms with Crippen molar-refractivity contribution in [3.63, 3.8) is 0 Å². The third-order valence-corrected chi connectivity index (χ3v) is 2.24. The zero-order valence-corrected chi connectivity index (χ0v) is 10.9. The van der Waals surface area contributed by atoms with Gasteiger partial charge in [-0.1, -0.05) is 19.9 Å². The molecule has 0 radical (unpaired) electrons. The number of hydrogen-bond acceptors (Lipinski definition) is 4. The topological polar surface area (TPSA) is 39.7 Å². The lowest BCUT2D eigenvalue weighted by atomic mass is 10.2. The van der Waals surface area contributed by atoms with E-state index in [0.717, 1.165) is 17.1 Å². The van der Waals surface area contributed by atoms with Crippen molar-refractivity contribution >= 4 is 0 Å². The Morgan fingerprint density at radius 1 is 1.12 bits per heavy atom. The highest BCUT2D eigenvalue weighted by Gasteiger charge is 2.04. The van der Waals surface area contributed by atoms with Crippen LogP contribution in [0, 0.1) is 5.92 Å². The normalized spacial score (nSPS) is 10.6. The lowest BCUT2D eigenvalue weighted by molar-refractivity contribution is 0.0196. The fraction of sp³-hybridized carbons (Fsp3) is 0.538. The van der Waals surface area contributed by atoms with Gasteiger partial charge >= 0.3 is 0 Å². The van der Waals surface area contributed by atoms with Crippen LogP contribution in [0.25, 0.3) is 0 Å². The summed E-state index contributed by atoms with van der Waals surface area (Å²) in [5, 5.41) is 0. The fourth-order valence-electron chi connectivity index (χ4n) is 1.35. The van der Waals surface area contributed by atoms with Crippen LogP contribution in [0.4, 0.5) is 0 Å². The first-order valence-electron chi connectivity index (χ1n) is 5.73. The Labute approximate surface area is 103 Å². The maximum Gasteiger partial charge on any atom is 0.161 e. The Morgan fingerprint density at radius 2 is 1.82 bits per heavy atom. The van der Waals surface area contributed by atoms with Gasteiger partial charge in [0.1, 0.15) is 0 Å². The SMILES string of the molecule is COc1ccc(CNOCC(C)C)cc1OC. The highest BCUT2D eigenvalue weighted by atomic mass is 16.6. The Kier molecular flexibility index (Phi) is 5.80. The highest BCUT2D eigenvalue weighted by Crippen LogP contribution is 2.27. The summed E-state index contributed by atoms with van der Waals surface area (Å²) in [6.45, 7) is 5.57. The Bertz CT molecular complexity index is 339. The molecule has 1 N–H and O–H groups in total. The summed E-state index contributed by atoms with van der Waals surface area (Å²) in [5.74, 6) is 1.99. The molecule has 0 saturated carbocycles. The van der Waals surface area contributed by atoms with E-state index in [9.17, 15) is 0 Å². The molecular formula is C13H21NO3. The van der Waals surface area contributed by atoms with Crippen LogP contribution in [-0.2, 0) is 11.4 Å². The van der Waals surface area contributed by atoms with Crippen molar-refractivity contribution in [3.8, 4) is 11.5 Å². The number of hydrogen-bond donors (Lipinski definition) is 1. The second kappa shape index (κ2) is 7.14. The van der Waals surface area contributed by atoms with Crippen LogP contribution < -0.4 is 15.0 Å². The predicted octanol–water partition coefficient (Wildman–Crippen LogP) is 2.38. The first-order valence-corrected chi connectivity index (χ1v) is 5.73. The van der Waals surface area contributed by atoms with Gasteiger partial charge in [-0.05, 0) is 23.6 Å². The summed E-state index contributed by atoms with van der Waals surface area (Å²) in [5.41, 5.74) is 4.01. The second-order valence-corrected chi connectivity index (χ2v) is 4.22. The molecule has 0 aliphatic heterocycles. The number of hydroxylamine groups is 1. The molecule has 0 aliphatic carbocycles.